The maximum Gasteiger partial charge on any atom is 0.226 e. The monoisotopic (exact) mass is 334 g/mol. The molecule has 0 radical (unpaired) electrons. The molecule has 1 heterocycles. The molecular formula is C19H27FN2O2. The first-order chi connectivity index (χ1) is 11.5. The fraction of sp³-hybridized carbons (Fsp3) is 0.579. The van der Waals surface area contributed by atoms with Gasteiger partial charge in [0.05, 0.1) is 6.42 Å². The maximum absolute atomic E-state index is 12.9. The van der Waals surface area contributed by atoms with E-state index >= 15 is 0 Å². The van der Waals surface area contributed by atoms with Crippen LogP contribution >= 0.6 is 0 Å². The van der Waals surface area contributed by atoms with Gasteiger partial charge in [-0.05, 0) is 42.9 Å². The summed E-state index contributed by atoms with van der Waals surface area (Å²) in [5, 5.41) is 2.99. The van der Waals surface area contributed by atoms with Crippen LogP contribution in [0.5, 0.6) is 0 Å². The minimum atomic E-state index is -0.296. The maximum atomic E-state index is 12.9. The molecule has 132 valence electrons. The minimum Gasteiger partial charge on any atom is -0.356 e. The van der Waals surface area contributed by atoms with E-state index in [1.807, 2.05) is 0 Å². The van der Waals surface area contributed by atoms with Gasteiger partial charge in [-0.3, -0.25) is 9.59 Å². The van der Waals surface area contributed by atoms with Crippen LogP contribution in [0, 0.1) is 17.7 Å². The van der Waals surface area contributed by atoms with Gasteiger partial charge < -0.3 is 10.2 Å². The van der Waals surface area contributed by atoms with Gasteiger partial charge >= 0.3 is 0 Å². The number of hydrogen-bond acceptors (Lipinski definition) is 2. The third kappa shape index (κ3) is 5.62. The van der Waals surface area contributed by atoms with Gasteiger partial charge in [0.2, 0.25) is 11.8 Å². The smallest absolute Gasteiger partial charge is 0.226 e. The van der Waals surface area contributed by atoms with Gasteiger partial charge in [0, 0.05) is 25.6 Å². The molecule has 1 aromatic carbocycles. The van der Waals surface area contributed by atoms with E-state index in [9.17, 15) is 14.0 Å². The standard InChI is InChI=1S/C19H27FN2O2/c1-14(2)7-10-21-19(24)16-8-11-22(12-9-16)18(23)13-15-3-5-17(20)6-4-15/h3-6,14,16H,7-13H2,1-2H3,(H,21,24). The van der Waals surface area contributed by atoms with E-state index in [2.05, 4.69) is 19.2 Å². The molecule has 0 atom stereocenters. The molecule has 0 aromatic heterocycles. The Balaban J connectivity index is 1.74. The van der Waals surface area contributed by atoms with Gasteiger partial charge in [0.15, 0.2) is 0 Å². The van der Waals surface area contributed by atoms with Gasteiger partial charge in [0.1, 0.15) is 5.82 Å². The number of piperidine rings is 1. The molecule has 24 heavy (non-hydrogen) atoms. The molecule has 1 aliphatic rings. The van der Waals surface area contributed by atoms with Crippen LogP contribution in [0.4, 0.5) is 4.39 Å². The third-order valence-corrected chi connectivity index (χ3v) is 4.51. The van der Waals surface area contributed by atoms with Crippen LogP contribution in [0.15, 0.2) is 24.3 Å². The topological polar surface area (TPSA) is 49.4 Å². The lowest BCUT2D eigenvalue weighted by molar-refractivity contribution is -0.135. The summed E-state index contributed by atoms with van der Waals surface area (Å²) in [6.45, 7) is 6.22. The number of benzene rings is 1. The molecule has 4 nitrogen and oxygen atoms in total. The predicted octanol–water partition coefficient (Wildman–Crippen LogP) is 2.77. The number of carbonyl (C=O) groups excluding carboxylic acids is 2. The number of carbonyl (C=O) groups is 2. The molecule has 1 saturated heterocycles. The van der Waals surface area contributed by atoms with Crippen LogP contribution in [0.2, 0.25) is 0 Å². The Morgan fingerprint density at radius 3 is 2.42 bits per heavy atom. The Morgan fingerprint density at radius 2 is 1.83 bits per heavy atom. The summed E-state index contributed by atoms with van der Waals surface area (Å²) >= 11 is 0. The number of hydrogen-bond donors (Lipinski definition) is 1. The van der Waals surface area contributed by atoms with Crippen molar-refractivity contribution in [2.24, 2.45) is 11.8 Å². The molecule has 2 rings (SSSR count). The zero-order chi connectivity index (χ0) is 17.5. The van der Waals surface area contributed by atoms with E-state index in [4.69, 9.17) is 0 Å². The van der Waals surface area contributed by atoms with Crippen molar-refractivity contribution in [3.63, 3.8) is 0 Å². The van der Waals surface area contributed by atoms with Crippen molar-refractivity contribution < 1.29 is 14.0 Å². The van der Waals surface area contributed by atoms with Crippen LogP contribution in [0.1, 0.15) is 38.7 Å². The van der Waals surface area contributed by atoms with Crippen molar-refractivity contribution in [2.75, 3.05) is 19.6 Å². The fourth-order valence-electron chi connectivity index (χ4n) is 2.91. The molecule has 1 aromatic rings. The summed E-state index contributed by atoms with van der Waals surface area (Å²) < 4.78 is 12.9. The number of nitrogens with zero attached hydrogens (tertiary/aromatic N) is 1. The van der Waals surface area contributed by atoms with E-state index < -0.39 is 0 Å². The van der Waals surface area contributed by atoms with Crippen molar-refractivity contribution in [3.8, 4) is 0 Å². The molecule has 1 fully saturated rings. The normalized spacial score (nSPS) is 15.6. The molecular weight excluding hydrogens is 307 g/mol. The van der Waals surface area contributed by atoms with Crippen LogP contribution in [-0.4, -0.2) is 36.3 Å². The van der Waals surface area contributed by atoms with Crippen LogP contribution in [0.25, 0.3) is 0 Å². The molecule has 0 bridgehead atoms. The van der Waals surface area contributed by atoms with Crippen molar-refractivity contribution in [1.82, 2.24) is 10.2 Å². The van der Waals surface area contributed by atoms with Crippen molar-refractivity contribution in [3.05, 3.63) is 35.6 Å². The average Bonchev–Trinajstić information content (AvgIpc) is 2.56. The van der Waals surface area contributed by atoms with E-state index in [0.29, 0.717) is 31.8 Å². The molecule has 1 aliphatic heterocycles. The predicted molar refractivity (Wildman–Crippen MR) is 91.9 cm³/mol. The highest BCUT2D eigenvalue weighted by Gasteiger charge is 2.27. The molecule has 2 amide bonds. The number of rotatable bonds is 6. The summed E-state index contributed by atoms with van der Waals surface area (Å²) in [6.07, 6.45) is 2.69. The fourth-order valence-corrected chi connectivity index (χ4v) is 2.91. The second-order valence-electron chi connectivity index (χ2n) is 6.93. The second kappa shape index (κ2) is 8.81. The van der Waals surface area contributed by atoms with Gasteiger partial charge in [0.25, 0.3) is 0 Å². The molecule has 0 saturated carbocycles. The third-order valence-electron chi connectivity index (χ3n) is 4.51. The summed E-state index contributed by atoms with van der Waals surface area (Å²) in [6, 6.07) is 6.02. The first kappa shape index (κ1) is 18.4. The minimum absolute atomic E-state index is 0.00651. The lowest BCUT2D eigenvalue weighted by Gasteiger charge is -2.31. The largest absolute Gasteiger partial charge is 0.356 e. The highest BCUT2D eigenvalue weighted by molar-refractivity contribution is 5.81. The first-order valence-electron chi connectivity index (χ1n) is 8.75. The molecule has 0 spiro atoms. The lowest BCUT2D eigenvalue weighted by atomic mass is 9.95. The van der Waals surface area contributed by atoms with Gasteiger partial charge in [-0.2, -0.15) is 0 Å². The van der Waals surface area contributed by atoms with Crippen molar-refractivity contribution in [2.45, 2.75) is 39.5 Å². The van der Waals surface area contributed by atoms with Gasteiger partial charge in [-0.1, -0.05) is 26.0 Å². The molecule has 5 heteroatoms. The SMILES string of the molecule is CC(C)CCNC(=O)C1CCN(C(=O)Cc2ccc(F)cc2)CC1. The zero-order valence-corrected chi connectivity index (χ0v) is 14.6. The van der Waals surface area contributed by atoms with Crippen molar-refractivity contribution in [1.29, 1.82) is 0 Å². The summed E-state index contributed by atoms with van der Waals surface area (Å²) in [7, 11) is 0. The van der Waals surface area contributed by atoms with Crippen LogP contribution in [-0.2, 0) is 16.0 Å². The number of halogens is 1. The van der Waals surface area contributed by atoms with Crippen molar-refractivity contribution >= 4 is 11.8 Å². The highest BCUT2D eigenvalue weighted by atomic mass is 19.1. The number of nitrogens with one attached hydrogen (secondary N) is 1. The Kier molecular flexibility index (Phi) is 6.76. The average molecular weight is 334 g/mol. The summed E-state index contributed by atoms with van der Waals surface area (Å²) in [5.74, 6) is 0.445. The number of amides is 2. The quantitative estimate of drug-likeness (QED) is 0.870. The van der Waals surface area contributed by atoms with E-state index in [1.165, 1.54) is 12.1 Å². The Hall–Kier alpha value is -1.91. The second-order valence-corrected chi connectivity index (χ2v) is 6.93. The summed E-state index contributed by atoms with van der Waals surface area (Å²) in [4.78, 5) is 26.2. The van der Waals surface area contributed by atoms with E-state index in [1.54, 1.807) is 17.0 Å². The summed E-state index contributed by atoms with van der Waals surface area (Å²) in [5.41, 5.74) is 0.815. The van der Waals surface area contributed by atoms with E-state index in [-0.39, 0.29) is 30.0 Å². The Bertz CT molecular complexity index is 549. The van der Waals surface area contributed by atoms with Crippen LogP contribution < -0.4 is 5.32 Å². The number of likely N-dealkylation sites (tertiary alicyclic amines) is 1. The zero-order valence-electron chi connectivity index (χ0n) is 14.6. The highest BCUT2D eigenvalue weighted by Crippen LogP contribution is 2.18. The van der Waals surface area contributed by atoms with Gasteiger partial charge in [-0.25, -0.2) is 4.39 Å². The van der Waals surface area contributed by atoms with Crippen LogP contribution in [0.3, 0.4) is 0 Å². The van der Waals surface area contributed by atoms with Gasteiger partial charge in [-0.15, -0.1) is 0 Å². The van der Waals surface area contributed by atoms with E-state index in [0.717, 1.165) is 18.5 Å². The lowest BCUT2D eigenvalue weighted by Crippen LogP contribution is -2.43. The molecule has 0 aliphatic carbocycles. The molecule has 0 unspecified atom stereocenters. The Morgan fingerprint density at radius 1 is 1.21 bits per heavy atom. The molecule has 1 N–H and O–H groups in total. The Labute approximate surface area is 143 Å². The first-order valence-corrected chi connectivity index (χ1v) is 8.75.